The van der Waals surface area contributed by atoms with E-state index in [-0.39, 0.29) is 47.4 Å². The molecule has 3 rings (SSSR count). The highest BCUT2D eigenvalue weighted by atomic mass is 32.2. The fourth-order valence-corrected chi connectivity index (χ4v) is 3.51. The molecule has 0 saturated carbocycles. The monoisotopic (exact) mass is 408 g/mol. The summed E-state index contributed by atoms with van der Waals surface area (Å²) in [6.45, 7) is 5.04. The maximum absolute atomic E-state index is 12.9. The Morgan fingerprint density at radius 1 is 1.21 bits per heavy atom. The second-order valence-electron chi connectivity index (χ2n) is 6.50. The van der Waals surface area contributed by atoms with Crippen molar-refractivity contribution < 1.29 is 23.1 Å². The van der Waals surface area contributed by atoms with E-state index in [0.29, 0.717) is 18.7 Å². The molecule has 8 nitrogen and oxygen atoms in total. The first-order valence-electron chi connectivity index (χ1n) is 8.83. The Morgan fingerprint density at radius 3 is 2.57 bits per heavy atom. The molecule has 1 fully saturated rings. The van der Waals surface area contributed by atoms with E-state index in [0.717, 1.165) is 11.8 Å². The first kappa shape index (κ1) is 20.3. The van der Waals surface area contributed by atoms with Crippen LogP contribution in [0.1, 0.15) is 30.1 Å². The zero-order valence-electron chi connectivity index (χ0n) is 15.6. The van der Waals surface area contributed by atoms with Gasteiger partial charge in [0.2, 0.25) is 11.8 Å². The van der Waals surface area contributed by atoms with Crippen molar-refractivity contribution in [2.75, 3.05) is 18.8 Å². The number of hydrogen-bond acceptors (Lipinski definition) is 7. The van der Waals surface area contributed by atoms with Crippen LogP contribution in [0.3, 0.4) is 0 Å². The van der Waals surface area contributed by atoms with E-state index in [9.17, 15) is 14.0 Å². The number of halogens is 1. The summed E-state index contributed by atoms with van der Waals surface area (Å²) in [5.74, 6) is -0.401. The zero-order valence-corrected chi connectivity index (χ0v) is 16.4. The van der Waals surface area contributed by atoms with E-state index >= 15 is 0 Å². The molecule has 0 bridgehead atoms. The SMILES string of the molecule is C[C@@H]1CN(C(=O)CSc2nnc(CNC(=O)c3ccc(F)cc3)o2)C[C@H](C)O1. The van der Waals surface area contributed by atoms with Crippen LogP contribution in [0.4, 0.5) is 4.39 Å². The summed E-state index contributed by atoms with van der Waals surface area (Å²) in [4.78, 5) is 26.1. The molecular formula is C18H21FN4O4S. The maximum Gasteiger partial charge on any atom is 0.277 e. The smallest absolute Gasteiger partial charge is 0.277 e. The molecule has 1 aromatic heterocycles. The van der Waals surface area contributed by atoms with Crippen LogP contribution < -0.4 is 5.32 Å². The van der Waals surface area contributed by atoms with E-state index < -0.39 is 5.82 Å². The molecule has 2 atom stereocenters. The number of thioether (sulfide) groups is 1. The Labute approximate surface area is 165 Å². The molecule has 0 aliphatic carbocycles. The van der Waals surface area contributed by atoms with E-state index in [1.807, 2.05) is 13.8 Å². The zero-order chi connectivity index (χ0) is 20.1. The molecule has 28 heavy (non-hydrogen) atoms. The third-order valence-corrected chi connectivity index (χ3v) is 4.85. The lowest BCUT2D eigenvalue weighted by Crippen LogP contribution is -2.48. The standard InChI is InChI=1S/C18H21FN4O4S/c1-11-8-23(9-12(2)26-11)16(24)10-28-18-22-21-15(27-18)7-20-17(25)13-3-5-14(19)6-4-13/h3-6,11-12H,7-10H2,1-2H3,(H,20,25)/t11-,12+. The van der Waals surface area contributed by atoms with Gasteiger partial charge in [-0.05, 0) is 38.1 Å². The highest BCUT2D eigenvalue weighted by Crippen LogP contribution is 2.18. The van der Waals surface area contributed by atoms with Crippen molar-refractivity contribution in [3.8, 4) is 0 Å². The molecule has 1 aliphatic heterocycles. The highest BCUT2D eigenvalue weighted by molar-refractivity contribution is 7.99. The van der Waals surface area contributed by atoms with Crippen molar-refractivity contribution >= 4 is 23.6 Å². The number of hydrogen-bond donors (Lipinski definition) is 1. The van der Waals surface area contributed by atoms with E-state index in [1.54, 1.807) is 4.90 Å². The van der Waals surface area contributed by atoms with Crippen LogP contribution in [-0.4, -0.2) is 58.0 Å². The number of nitrogens with one attached hydrogen (secondary N) is 1. The predicted molar refractivity (Wildman–Crippen MR) is 99.2 cm³/mol. The van der Waals surface area contributed by atoms with E-state index in [2.05, 4.69) is 15.5 Å². The molecule has 2 heterocycles. The number of rotatable bonds is 6. The summed E-state index contributed by atoms with van der Waals surface area (Å²) in [5.41, 5.74) is 0.329. The molecule has 0 radical (unpaired) electrons. The minimum Gasteiger partial charge on any atom is -0.414 e. The quantitative estimate of drug-likeness (QED) is 0.729. The summed E-state index contributed by atoms with van der Waals surface area (Å²) in [6.07, 6.45) is 0.0230. The Balaban J connectivity index is 1.45. The summed E-state index contributed by atoms with van der Waals surface area (Å²) >= 11 is 1.15. The Morgan fingerprint density at radius 2 is 1.89 bits per heavy atom. The average molecular weight is 408 g/mol. The average Bonchev–Trinajstić information content (AvgIpc) is 3.12. The summed E-state index contributed by atoms with van der Waals surface area (Å²) in [7, 11) is 0. The van der Waals surface area contributed by atoms with Crippen LogP contribution in [0, 0.1) is 5.82 Å². The number of ether oxygens (including phenoxy) is 1. The molecular weight excluding hydrogens is 387 g/mol. The lowest BCUT2D eigenvalue weighted by molar-refractivity contribution is -0.140. The fourth-order valence-electron chi connectivity index (χ4n) is 2.82. The fraction of sp³-hybridized carbons (Fsp3) is 0.444. The van der Waals surface area contributed by atoms with Gasteiger partial charge in [-0.25, -0.2) is 4.39 Å². The molecule has 0 unspecified atom stereocenters. The third-order valence-electron chi connectivity index (χ3n) is 4.05. The van der Waals surface area contributed by atoms with Gasteiger partial charge in [-0.3, -0.25) is 9.59 Å². The third kappa shape index (κ3) is 5.52. The van der Waals surface area contributed by atoms with Gasteiger partial charge in [-0.15, -0.1) is 10.2 Å². The largest absolute Gasteiger partial charge is 0.414 e. The molecule has 1 saturated heterocycles. The first-order chi connectivity index (χ1) is 13.4. The predicted octanol–water partition coefficient (Wildman–Crippen LogP) is 1.87. The lowest BCUT2D eigenvalue weighted by Gasteiger charge is -2.35. The van der Waals surface area contributed by atoms with Crippen molar-refractivity contribution in [2.24, 2.45) is 0 Å². The summed E-state index contributed by atoms with van der Waals surface area (Å²) in [6, 6.07) is 5.20. The molecule has 1 N–H and O–H groups in total. The maximum atomic E-state index is 12.9. The van der Waals surface area contributed by atoms with Gasteiger partial charge in [0.05, 0.1) is 24.5 Å². The summed E-state index contributed by atoms with van der Waals surface area (Å²) < 4.78 is 24.0. The second kappa shape index (κ2) is 9.16. The number of nitrogens with zero attached hydrogens (tertiary/aromatic N) is 3. The van der Waals surface area contributed by atoms with Gasteiger partial charge in [0.1, 0.15) is 5.82 Å². The highest BCUT2D eigenvalue weighted by Gasteiger charge is 2.26. The van der Waals surface area contributed by atoms with E-state index in [1.165, 1.54) is 24.3 Å². The molecule has 1 aromatic carbocycles. The Bertz CT molecular complexity index is 819. The molecule has 10 heteroatoms. The van der Waals surface area contributed by atoms with Crippen LogP contribution in [0.15, 0.2) is 33.9 Å². The topological polar surface area (TPSA) is 97.6 Å². The molecule has 2 aromatic rings. The molecule has 1 aliphatic rings. The number of carbonyl (C=O) groups is 2. The van der Waals surface area contributed by atoms with Crippen LogP contribution in [0.5, 0.6) is 0 Å². The van der Waals surface area contributed by atoms with Crippen molar-refractivity contribution in [1.29, 1.82) is 0 Å². The number of benzene rings is 1. The minimum absolute atomic E-state index is 0.0115. The van der Waals surface area contributed by atoms with Crippen molar-refractivity contribution in [3.05, 3.63) is 41.5 Å². The van der Waals surface area contributed by atoms with Crippen molar-refractivity contribution in [3.63, 3.8) is 0 Å². The van der Waals surface area contributed by atoms with Gasteiger partial charge in [0, 0.05) is 18.7 Å². The Kier molecular flexibility index (Phi) is 6.63. The normalized spacial score (nSPS) is 19.5. The Hall–Kier alpha value is -2.46. The minimum atomic E-state index is -0.411. The molecule has 2 amide bonds. The van der Waals surface area contributed by atoms with Gasteiger partial charge < -0.3 is 19.4 Å². The number of aromatic nitrogens is 2. The van der Waals surface area contributed by atoms with Crippen LogP contribution in [0.25, 0.3) is 0 Å². The van der Waals surface area contributed by atoms with Gasteiger partial charge in [-0.1, -0.05) is 11.8 Å². The van der Waals surface area contributed by atoms with Gasteiger partial charge in [0.25, 0.3) is 11.1 Å². The van der Waals surface area contributed by atoms with Gasteiger partial charge in [0.15, 0.2) is 0 Å². The van der Waals surface area contributed by atoms with Gasteiger partial charge in [-0.2, -0.15) is 0 Å². The first-order valence-corrected chi connectivity index (χ1v) is 9.81. The molecule has 0 spiro atoms. The van der Waals surface area contributed by atoms with Crippen molar-refractivity contribution in [2.45, 2.75) is 37.8 Å². The van der Waals surface area contributed by atoms with E-state index in [4.69, 9.17) is 9.15 Å². The lowest BCUT2D eigenvalue weighted by atomic mass is 10.2. The number of morpholine rings is 1. The number of amides is 2. The van der Waals surface area contributed by atoms with Gasteiger partial charge >= 0.3 is 0 Å². The summed E-state index contributed by atoms with van der Waals surface area (Å²) in [5, 5.41) is 10.6. The molecule has 150 valence electrons. The number of carbonyl (C=O) groups excluding carboxylic acids is 2. The van der Waals surface area contributed by atoms with Crippen LogP contribution in [-0.2, 0) is 16.1 Å². The van der Waals surface area contributed by atoms with Crippen LogP contribution >= 0.6 is 11.8 Å². The van der Waals surface area contributed by atoms with Crippen molar-refractivity contribution in [1.82, 2.24) is 20.4 Å². The van der Waals surface area contributed by atoms with Crippen LogP contribution in [0.2, 0.25) is 0 Å². The second-order valence-corrected chi connectivity index (χ2v) is 7.42.